The minimum absolute atomic E-state index is 0.0221. The molecule has 0 unspecified atom stereocenters. The molecule has 0 aromatic heterocycles. The zero-order valence-corrected chi connectivity index (χ0v) is 12.5. The second-order valence-corrected chi connectivity index (χ2v) is 5.48. The third-order valence-electron chi connectivity index (χ3n) is 3.60. The van der Waals surface area contributed by atoms with Crippen LogP contribution in [0.4, 0.5) is 0 Å². The molecule has 1 aliphatic rings. The third-order valence-corrected chi connectivity index (χ3v) is 3.84. The van der Waals surface area contributed by atoms with Crippen molar-refractivity contribution in [3.8, 4) is 0 Å². The van der Waals surface area contributed by atoms with Gasteiger partial charge in [-0.15, -0.1) is 0 Å². The zero-order chi connectivity index (χ0) is 14.5. The maximum absolute atomic E-state index is 12.5. The average Bonchev–Trinajstić information content (AvgIpc) is 2.93. The predicted molar refractivity (Wildman–Crippen MR) is 79.5 cm³/mol. The van der Waals surface area contributed by atoms with Gasteiger partial charge in [0.2, 0.25) is 0 Å². The van der Waals surface area contributed by atoms with Crippen LogP contribution in [0.1, 0.15) is 25.3 Å². The van der Waals surface area contributed by atoms with Crippen LogP contribution >= 0.6 is 11.6 Å². The Balaban J connectivity index is 1.99. The Labute approximate surface area is 124 Å². The first-order chi connectivity index (χ1) is 9.63. The molecule has 20 heavy (non-hydrogen) atoms. The summed E-state index contributed by atoms with van der Waals surface area (Å²) in [6, 6.07) is 7.58. The van der Waals surface area contributed by atoms with Gasteiger partial charge in [-0.25, -0.2) is 0 Å². The van der Waals surface area contributed by atoms with Crippen molar-refractivity contribution in [2.75, 3.05) is 13.1 Å². The van der Waals surface area contributed by atoms with E-state index in [1.165, 1.54) is 0 Å². The molecule has 2 rings (SSSR count). The van der Waals surface area contributed by atoms with Crippen molar-refractivity contribution in [1.82, 2.24) is 4.90 Å². The standard InChI is InChI=1S/C15H21ClN2O2/c1-2-18(10-11-4-3-5-12(16)8-11)15(19)14-7-6-13(9-17)20-14/h3-5,8,13-14H,2,6-7,9-10,17H2,1H3/t13-,14+/m1/s1. The van der Waals surface area contributed by atoms with Crippen LogP contribution in [0.2, 0.25) is 5.02 Å². The number of nitrogens with two attached hydrogens (primary N) is 1. The lowest BCUT2D eigenvalue weighted by Crippen LogP contribution is -2.39. The van der Waals surface area contributed by atoms with Crippen LogP contribution in [0.15, 0.2) is 24.3 Å². The Morgan fingerprint density at radius 1 is 1.50 bits per heavy atom. The number of halogens is 1. The monoisotopic (exact) mass is 296 g/mol. The van der Waals surface area contributed by atoms with Crippen LogP contribution in [0.5, 0.6) is 0 Å². The van der Waals surface area contributed by atoms with Crippen LogP contribution in [-0.2, 0) is 16.1 Å². The van der Waals surface area contributed by atoms with Crippen molar-refractivity contribution in [3.05, 3.63) is 34.9 Å². The van der Waals surface area contributed by atoms with E-state index in [2.05, 4.69) is 0 Å². The van der Waals surface area contributed by atoms with Crippen molar-refractivity contribution in [1.29, 1.82) is 0 Å². The summed E-state index contributed by atoms with van der Waals surface area (Å²) in [6.07, 6.45) is 1.30. The fourth-order valence-electron chi connectivity index (χ4n) is 2.47. The maximum Gasteiger partial charge on any atom is 0.252 e. The number of ether oxygens (including phenoxy) is 1. The van der Waals surface area contributed by atoms with E-state index in [0.717, 1.165) is 18.4 Å². The summed E-state index contributed by atoms with van der Waals surface area (Å²) in [6.45, 7) is 3.66. The zero-order valence-electron chi connectivity index (χ0n) is 11.7. The summed E-state index contributed by atoms with van der Waals surface area (Å²) in [5.74, 6) is 0.0448. The second kappa shape index (κ2) is 7.07. The first-order valence-electron chi connectivity index (χ1n) is 7.02. The van der Waals surface area contributed by atoms with Gasteiger partial charge in [-0.1, -0.05) is 23.7 Å². The lowest BCUT2D eigenvalue weighted by Gasteiger charge is -2.24. The molecule has 1 aromatic rings. The predicted octanol–water partition coefficient (Wildman–Crippen LogP) is 2.19. The molecule has 1 fully saturated rings. The van der Waals surface area contributed by atoms with Crippen LogP contribution < -0.4 is 5.73 Å². The van der Waals surface area contributed by atoms with Gasteiger partial charge in [0.15, 0.2) is 0 Å². The number of nitrogens with zero attached hydrogens (tertiary/aromatic N) is 1. The van der Waals surface area contributed by atoms with Gasteiger partial charge in [-0.05, 0) is 37.5 Å². The quantitative estimate of drug-likeness (QED) is 0.906. The molecule has 2 atom stereocenters. The van der Waals surface area contributed by atoms with Crippen LogP contribution in [0, 0.1) is 0 Å². The number of hydrogen-bond donors (Lipinski definition) is 1. The maximum atomic E-state index is 12.5. The highest BCUT2D eigenvalue weighted by Crippen LogP contribution is 2.22. The van der Waals surface area contributed by atoms with Crippen molar-refractivity contribution in [3.63, 3.8) is 0 Å². The van der Waals surface area contributed by atoms with E-state index in [-0.39, 0.29) is 18.1 Å². The number of carbonyl (C=O) groups excluding carboxylic acids is 1. The van der Waals surface area contributed by atoms with Gasteiger partial charge in [0, 0.05) is 24.7 Å². The van der Waals surface area contributed by atoms with Gasteiger partial charge in [0.25, 0.3) is 5.91 Å². The van der Waals surface area contributed by atoms with Gasteiger partial charge in [0.05, 0.1) is 6.10 Å². The van der Waals surface area contributed by atoms with Gasteiger partial charge in [-0.2, -0.15) is 0 Å². The molecule has 1 amide bonds. The topological polar surface area (TPSA) is 55.6 Å². The lowest BCUT2D eigenvalue weighted by molar-refractivity contribution is -0.143. The SMILES string of the molecule is CCN(Cc1cccc(Cl)c1)C(=O)[C@@H]1CC[C@H](CN)O1. The van der Waals surface area contributed by atoms with Gasteiger partial charge >= 0.3 is 0 Å². The summed E-state index contributed by atoms with van der Waals surface area (Å²) in [5, 5.41) is 0.686. The molecule has 4 nitrogen and oxygen atoms in total. The molecular weight excluding hydrogens is 276 g/mol. The minimum Gasteiger partial charge on any atom is -0.364 e. The summed E-state index contributed by atoms with van der Waals surface area (Å²) in [7, 11) is 0. The molecule has 0 aliphatic carbocycles. The highest BCUT2D eigenvalue weighted by molar-refractivity contribution is 6.30. The average molecular weight is 297 g/mol. The molecule has 0 spiro atoms. The third kappa shape index (κ3) is 3.72. The number of carbonyl (C=O) groups is 1. The Morgan fingerprint density at radius 2 is 2.30 bits per heavy atom. The minimum atomic E-state index is -0.345. The van der Waals surface area contributed by atoms with Crippen molar-refractivity contribution in [2.24, 2.45) is 5.73 Å². The number of benzene rings is 1. The van der Waals surface area contributed by atoms with E-state index in [1.807, 2.05) is 31.2 Å². The first-order valence-corrected chi connectivity index (χ1v) is 7.40. The summed E-state index contributed by atoms with van der Waals surface area (Å²) < 4.78 is 5.67. The van der Waals surface area contributed by atoms with E-state index in [4.69, 9.17) is 22.1 Å². The van der Waals surface area contributed by atoms with Gasteiger partial charge < -0.3 is 15.4 Å². The molecular formula is C15H21ClN2O2. The second-order valence-electron chi connectivity index (χ2n) is 5.04. The normalized spacial score (nSPS) is 21.9. The number of likely N-dealkylation sites (N-methyl/N-ethyl adjacent to an activating group) is 1. The van der Waals surface area contributed by atoms with Crippen LogP contribution in [0.3, 0.4) is 0 Å². The van der Waals surface area contributed by atoms with Crippen molar-refractivity contribution < 1.29 is 9.53 Å². The highest BCUT2D eigenvalue weighted by atomic mass is 35.5. The van der Waals surface area contributed by atoms with Crippen molar-refractivity contribution >= 4 is 17.5 Å². The summed E-state index contributed by atoms with van der Waals surface area (Å²) in [5.41, 5.74) is 6.61. The van der Waals surface area contributed by atoms with Crippen LogP contribution in [0.25, 0.3) is 0 Å². The van der Waals surface area contributed by atoms with Gasteiger partial charge in [-0.3, -0.25) is 4.79 Å². The van der Waals surface area contributed by atoms with Gasteiger partial charge in [0.1, 0.15) is 6.10 Å². The summed E-state index contributed by atoms with van der Waals surface area (Å²) >= 11 is 5.97. The summed E-state index contributed by atoms with van der Waals surface area (Å²) in [4.78, 5) is 14.3. The molecule has 1 aromatic carbocycles. The molecule has 1 saturated heterocycles. The Hall–Kier alpha value is -1.10. The van der Waals surface area contributed by atoms with E-state index in [9.17, 15) is 4.79 Å². The molecule has 0 radical (unpaired) electrons. The molecule has 0 bridgehead atoms. The Morgan fingerprint density at radius 3 is 2.90 bits per heavy atom. The number of rotatable bonds is 5. The first kappa shape index (κ1) is 15.3. The highest BCUT2D eigenvalue weighted by Gasteiger charge is 2.32. The molecule has 0 saturated carbocycles. The van der Waals surface area contributed by atoms with E-state index >= 15 is 0 Å². The smallest absolute Gasteiger partial charge is 0.252 e. The molecule has 2 N–H and O–H groups in total. The molecule has 5 heteroatoms. The Bertz CT molecular complexity index is 467. The van der Waals surface area contributed by atoms with E-state index < -0.39 is 0 Å². The van der Waals surface area contributed by atoms with Crippen LogP contribution in [-0.4, -0.2) is 36.1 Å². The lowest BCUT2D eigenvalue weighted by atomic mass is 10.1. The molecule has 110 valence electrons. The van der Waals surface area contributed by atoms with E-state index in [1.54, 1.807) is 4.90 Å². The van der Waals surface area contributed by atoms with Crippen molar-refractivity contribution in [2.45, 2.75) is 38.5 Å². The van der Waals surface area contributed by atoms with E-state index in [0.29, 0.717) is 24.7 Å². The largest absolute Gasteiger partial charge is 0.364 e. The number of amides is 1. The molecule has 1 heterocycles. The molecule has 1 aliphatic heterocycles. The fourth-order valence-corrected chi connectivity index (χ4v) is 2.68. The fraction of sp³-hybridized carbons (Fsp3) is 0.533. The number of hydrogen-bond acceptors (Lipinski definition) is 3. The Kier molecular flexibility index (Phi) is 5.40.